The zero-order valence-electron chi connectivity index (χ0n) is 9.25. The highest BCUT2D eigenvalue weighted by Crippen LogP contribution is 2.35. The van der Waals surface area contributed by atoms with Gasteiger partial charge in [-0.05, 0) is 0 Å². The molecule has 0 aromatic rings. The minimum absolute atomic E-state index is 0.121. The van der Waals surface area contributed by atoms with Crippen molar-refractivity contribution >= 4 is 20.1 Å². The van der Waals surface area contributed by atoms with Crippen LogP contribution in [0.3, 0.4) is 0 Å². The first-order valence-corrected chi connectivity index (χ1v) is 6.01. The number of carboxylic acid groups (broad SMARTS) is 1. The second kappa shape index (κ2) is 9.89. The maximum atomic E-state index is 9.90. The van der Waals surface area contributed by atoms with Crippen LogP contribution in [0.2, 0.25) is 0 Å². The Balaban J connectivity index is 0. The van der Waals surface area contributed by atoms with E-state index in [4.69, 9.17) is 25.1 Å². The molecule has 0 saturated carbocycles. The van der Waals surface area contributed by atoms with E-state index in [1.165, 1.54) is 6.08 Å². The average molecular weight is 286 g/mol. The standard InChI is InChI=1S/C5H8O3.C3H7O6P/c1-2-4(6)3-5(7)8;4-1-3(5)2-9-10(6,7)8/h2,4,6H,1,3H2,(H,7,8);1,3,5H,2H2,(H2,6,7,8). The van der Waals surface area contributed by atoms with E-state index in [1.54, 1.807) is 0 Å². The molecule has 9 nitrogen and oxygen atoms in total. The molecule has 0 aliphatic heterocycles. The van der Waals surface area contributed by atoms with Gasteiger partial charge in [0.25, 0.3) is 0 Å². The summed E-state index contributed by atoms with van der Waals surface area (Å²) in [7, 11) is -4.55. The first-order valence-electron chi connectivity index (χ1n) is 4.48. The van der Waals surface area contributed by atoms with Gasteiger partial charge in [-0.3, -0.25) is 9.32 Å². The maximum absolute atomic E-state index is 9.90. The Morgan fingerprint density at radius 2 is 1.83 bits per heavy atom. The molecule has 2 unspecified atom stereocenters. The van der Waals surface area contributed by atoms with E-state index in [2.05, 4.69) is 11.1 Å². The quantitative estimate of drug-likeness (QED) is 0.216. The van der Waals surface area contributed by atoms with Crippen LogP contribution in [0.4, 0.5) is 0 Å². The predicted molar refractivity (Wildman–Crippen MR) is 58.5 cm³/mol. The molecule has 0 fully saturated rings. The number of hydrogen-bond acceptors (Lipinski definition) is 6. The summed E-state index contributed by atoms with van der Waals surface area (Å²) in [5.74, 6) is -1.02. The molecule has 0 aliphatic carbocycles. The Hall–Kier alpha value is -1.09. The number of aliphatic hydroxyl groups is 2. The van der Waals surface area contributed by atoms with Crippen molar-refractivity contribution in [3.05, 3.63) is 12.7 Å². The number of rotatable bonds is 7. The molecule has 0 spiro atoms. The third kappa shape index (κ3) is 17.3. The Labute approximate surface area is 103 Å². The SMILES string of the molecule is C=CC(O)CC(=O)O.O=CC(O)COP(=O)(O)O. The smallest absolute Gasteiger partial charge is 0.469 e. The van der Waals surface area contributed by atoms with Crippen molar-refractivity contribution in [3.8, 4) is 0 Å². The molecule has 0 radical (unpaired) electrons. The molecule has 0 saturated heterocycles. The summed E-state index contributed by atoms with van der Waals surface area (Å²) in [6.45, 7) is 2.51. The van der Waals surface area contributed by atoms with Gasteiger partial charge in [0.2, 0.25) is 0 Å². The molecule has 0 amide bonds. The van der Waals surface area contributed by atoms with E-state index in [0.717, 1.165) is 0 Å². The molecule has 2 atom stereocenters. The Morgan fingerprint density at radius 1 is 1.33 bits per heavy atom. The van der Waals surface area contributed by atoms with E-state index < -0.39 is 32.6 Å². The van der Waals surface area contributed by atoms with Gasteiger partial charge in [-0.1, -0.05) is 6.08 Å². The number of aldehydes is 1. The highest BCUT2D eigenvalue weighted by atomic mass is 31.2. The molecule has 0 heterocycles. The lowest BCUT2D eigenvalue weighted by molar-refractivity contribution is -0.138. The van der Waals surface area contributed by atoms with Crippen LogP contribution in [-0.2, 0) is 18.7 Å². The maximum Gasteiger partial charge on any atom is 0.469 e. The molecule has 0 aliphatic rings. The van der Waals surface area contributed by atoms with Gasteiger partial charge >= 0.3 is 13.8 Å². The predicted octanol–water partition coefficient (Wildman–Crippen LogP) is -1.34. The molecule has 10 heteroatoms. The molecule has 18 heavy (non-hydrogen) atoms. The van der Waals surface area contributed by atoms with Gasteiger partial charge in [-0.15, -0.1) is 6.58 Å². The van der Waals surface area contributed by atoms with Crippen LogP contribution in [0.25, 0.3) is 0 Å². The van der Waals surface area contributed by atoms with Gasteiger partial charge < -0.3 is 29.9 Å². The van der Waals surface area contributed by atoms with Gasteiger partial charge in [-0.25, -0.2) is 4.57 Å². The normalized spacial score (nSPS) is 13.8. The van der Waals surface area contributed by atoms with Gasteiger partial charge in [0, 0.05) is 0 Å². The topological polar surface area (TPSA) is 162 Å². The number of aliphatic hydroxyl groups excluding tert-OH is 2. The van der Waals surface area contributed by atoms with Crippen molar-refractivity contribution < 1.29 is 43.8 Å². The summed E-state index contributed by atoms with van der Waals surface area (Å²) in [6, 6.07) is 0. The summed E-state index contributed by atoms with van der Waals surface area (Å²) >= 11 is 0. The number of phosphoric acid groups is 1. The van der Waals surface area contributed by atoms with Crippen molar-refractivity contribution in [2.24, 2.45) is 0 Å². The Bertz CT molecular complexity index is 310. The van der Waals surface area contributed by atoms with Gasteiger partial charge in [0.05, 0.1) is 19.1 Å². The van der Waals surface area contributed by atoms with E-state index >= 15 is 0 Å². The molecule has 106 valence electrons. The fourth-order valence-corrected chi connectivity index (χ4v) is 0.822. The highest BCUT2D eigenvalue weighted by Gasteiger charge is 2.15. The third-order valence-electron chi connectivity index (χ3n) is 1.23. The van der Waals surface area contributed by atoms with E-state index in [9.17, 15) is 14.2 Å². The van der Waals surface area contributed by atoms with Crippen LogP contribution >= 0.6 is 7.82 Å². The first-order chi connectivity index (χ1) is 8.12. The first kappa shape index (κ1) is 19.3. The van der Waals surface area contributed by atoms with Crippen LogP contribution in [0.1, 0.15) is 6.42 Å². The fraction of sp³-hybridized carbons (Fsp3) is 0.500. The monoisotopic (exact) mass is 286 g/mol. The zero-order chi connectivity index (χ0) is 14.8. The number of hydrogen-bond donors (Lipinski definition) is 5. The molecule has 0 aromatic carbocycles. The van der Waals surface area contributed by atoms with Crippen molar-refractivity contribution in [2.45, 2.75) is 18.6 Å². The molecular weight excluding hydrogens is 271 g/mol. The molecule has 0 aromatic heterocycles. The van der Waals surface area contributed by atoms with E-state index in [-0.39, 0.29) is 12.7 Å². The van der Waals surface area contributed by atoms with Gasteiger partial charge in [-0.2, -0.15) is 0 Å². The van der Waals surface area contributed by atoms with Crippen molar-refractivity contribution in [1.29, 1.82) is 0 Å². The summed E-state index contributed by atoms with van der Waals surface area (Å²) in [5.41, 5.74) is 0. The third-order valence-corrected chi connectivity index (χ3v) is 1.71. The van der Waals surface area contributed by atoms with Gasteiger partial charge in [0.15, 0.2) is 6.29 Å². The number of phosphoric ester groups is 1. The van der Waals surface area contributed by atoms with E-state index in [1.807, 2.05) is 0 Å². The van der Waals surface area contributed by atoms with Crippen LogP contribution in [0.5, 0.6) is 0 Å². The number of carbonyl (C=O) groups excluding carboxylic acids is 1. The second-order valence-corrected chi connectivity index (χ2v) is 4.13. The lowest BCUT2D eigenvalue weighted by Crippen LogP contribution is -2.15. The van der Waals surface area contributed by atoms with E-state index in [0.29, 0.717) is 0 Å². The van der Waals surface area contributed by atoms with Crippen LogP contribution in [0.15, 0.2) is 12.7 Å². The van der Waals surface area contributed by atoms with Gasteiger partial charge in [0.1, 0.15) is 6.10 Å². The number of carbonyl (C=O) groups is 2. The average Bonchev–Trinajstić information content (AvgIpc) is 2.24. The molecular formula is C8H15O9P. The summed E-state index contributed by atoms with van der Waals surface area (Å²) in [4.78, 5) is 35.4. The zero-order valence-corrected chi connectivity index (χ0v) is 10.1. The molecule has 0 bridgehead atoms. The number of aliphatic carboxylic acids is 1. The lowest BCUT2D eigenvalue weighted by Gasteiger charge is -2.04. The summed E-state index contributed by atoms with van der Waals surface area (Å²) in [5, 5.41) is 24.9. The van der Waals surface area contributed by atoms with Crippen LogP contribution in [-0.4, -0.2) is 56.2 Å². The Morgan fingerprint density at radius 3 is 2.06 bits per heavy atom. The Kier molecular flexibility index (Phi) is 10.6. The second-order valence-electron chi connectivity index (χ2n) is 2.89. The molecule has 0 rings (SSSR count). The highest BCUT2D eigenvalue weighted by molar-refractivity contribution is 7.46. The summed E-state index contributed by atoms with van der Waals surface area (Å²) in [6.07, 6.45) is -1.34. The fourth-order valence-electron chi connectivity index (χ4n) is 0.475. The van der Waals surface area contributed by atoms with Crippen molar-refractivity contribution in [3.63, 3.8) is 0 Å². The lowest BCUT2D eigenvalue weighted by atomic mass is 10.2. The number of carboxylic acids is 1. The van der Waals surface area contributed by atoms with Crippen LogP contribution < -0.4 is 0 Å². The van der Waals surface area contributed by atoms with Crippen molar-refractivity contribution in [2.75, 3.05) is 6.61 Å². The minimum Gasteiger partial charge on any atom is -0.481 e. The minimum atomic E-state index is -4.55. The van der Waals surface area contributed by atoms with Crippen molar-refractivity contribution in [1.82, 2.24) is 0 Å². The van der Waals surface area contributed by atoms with Crippen LogP contribution in [0, 0.1) is 0 Å². The summed E-state index contributed by atoms with van der Waals surface area (Å²) < 4.78 is 13.7. The molecule has 5 N–H and O–H groups in total. The largest absolute Gasteiger partial charge is 0.481 e.